The monoisotopic (exact) mass is 171 g/mol. The first-order valence-electron chi connectivity index (χ1n) is 4.76. The Bertz CT molecular complexity index is 100. The first-order chi connectivity index (χ1) is 5.91. The van der Waals surface area contributed by atoms with Crippen LogP contribution in [0.3, 0.4) is 0 Å². The molecule has 12 heavy (non-hydrogen) atoms. The van der Waals surface area contributed by atoms with Crippen LogP contribution in [-0.4, -0.2) is 13.2 Å². The zero-order valence-electron chi connectivity index (χ0n) is 7.92. The molecule has 0 N–H and O–H groups in total. The van der Waals surface area contributed by atoms with E-state index >= 15 is 0 Å². The summed E-state index contributed by atoms with van der Waals surface area (Å²) in [4.78, 5) is 0. The smallest absolute Gasteiger partial charge is 0.0873 e. The Morgan fingerprint density at radius 2 is 2.08 bits per heavy atom. The Hall–Kier alpha value is -0.500. The SMILES string of the molecule is CCCCCOC=CCCC[O]. The van der Waals surface area contributed by atoms with Gasteiger partial charge in [-0.15, -0.1) is 0 Å². The van der Waals surface area contributed by atoms with Crippen molar-refractivity contribution in [3.8, 4) is 0 Å². The van der Waals surface area contributed by atoms with E-state index in [2.05, 4.69) is 6.92 Å². The zero-order valence-corrected chi connectivity index (χ0v) is 7.92. The third-order valence-electron chi connectivity index (χ3n) is 1.57. The predicted molar refractivity (Wildman–Crippen MR) is 49.4 cm³/mol. The molecule has 71 valence electrons. The maximum Gasteiger partial charge on any atom is 0.0873 e. The van der Waals surface area contributed by atoms with Crippen molar-refractivity contribution >= 4 is 0 Å². The van der Waals surface area contributed by atoms with Crippen molar-refractivity contribution in [3.63, 3.8) is 0 Å². The largest absolute Gasteiger partial charge is 0.502 e. The fourth-order valence-electron chi connectivity index (χ4n) is 0.841. The second-order valence-electron chi connectivity index (χ2n) is 2.80. The van der Waals surface area contributed by atoms with Gasteiger partial charge in [0, 0.05) is 0 Å². The molecule has 0 aromatic rings. The minimum absolute atomic E-state index is 0.0141. The molecule has 0 aliphatic heterocycles. The van der Waals surface area contributed by atoms with Crippen molar-refractivity contribution in [2.75, 3.05) is 13.2 Å². The van der Waals surface area contributed by atoms with E-state index in [0.717, 1.165) is 25.9 Å². The van der Waals surface area contributed by atoms with Crippen molar-refractivity contribution < 1.29 is 9.84 Å². The van der Waals surface area contributed by atoms with Crippen molar-refractivity contribution in [2.45, 2.75) is 39.0 Å². The Labute approximate surface area is 75.2 Å². The van der Waals surface area contributed by atoms with Gasteiger partial charge in [-0.25, -0.2) is 5.11 Å². The highest BCUT2D eigenvalue weighted by Crippen LogP contribution is 1.95. The average molecular weight is 171 g/mol. The first kappa shape index (κ1) is 11.5. The van der Waals surface area contributed by atoms with E-state index in [1.807, 2.05) is 6.08 Å². The molecule has 0 aliphatic carbocycles. The highest BCUT2D eigenvalue weighted by atomic mass is 16.5. The molecule has 0 spiro atoms. The lowest BCUT2D eigenvalue weighted by molar-refractivity contribution is 0.189. The first-order valence-corrected chi connectivity index (χ1v) is 4.76. The molecule has 0 amide bonds. The van der Waals surface area contributed by atoms with Gasteiger partial charge in [-0.2, -0.15) is 0 Å². The third-order valence-corrected chi connectivity index (χ3v) is 1.57. The number of rotatable bonds is 8. The second-order valence-corrected chi connectivity index (χ2v) is 2.80. The molecular weight excluding hydrogens is 152 g/mol. The molecule has 2 nitrogen and oxygen atoms in total. The minimum Gasteiger partial charge on any atom is -0.502 e. The van der Waals surface area contributed by atoms with E-state index in [4.69, 9.17) is 4.74 Å². The van der Waals surface area contributed by atoms with Gasteiger partial charge in [-0.3, -0.25) is 0 Å². The van der Waals surface area contributed by atoms with Gasteiger partial charge in [0.05, 0.1) is 19.5 Å². The van der Waals surface area contributed by atoms with Crippen molar-refractivity contribution in [3.05, 3.63) is 12.3 Å². The lowest BCUT2D eigenvalue weighted by atomic mass is 10.3. The van der Waals surface area contributed by atoms with Crippen LogP contribution in [0.1, 0.15) is 39.0 Å². The van der Waals surface area contributed by atoms with Crippen molar-refractivity contribution in [2.24, 2.45) is 0 Å². The van der Waals surface area contributed by atoms with E-state index in [9.17, 15) is 5.11 Å². The number of ether oxygens (including phenoxy) is 1. The van der Waals surface area contributed by atoms with Gasteiger partial charge >= 0.3 is 0 Å². The summed E-state index contributed by atoms with van der Waals surface area (Å²) >= 11 is 0. The molecule has 0 saturated heterocycles. The standard InChI is InChI=1S/C10H19O2/c1-2-3-6-9-12-10-7-4-5-8-11/h7,10H,2-6,8-9H2,1H3. The summed E-state index contributed by atoms with van der Waals surface area (Å²) in [5.41, 5.74) is 0. The van der Waals surface area contributed by atoms with Crippen LogP contribution in [0.2, 0.25) is 0 Å². The second kappa shape index (κ2) is 10.5. The van der Waals surface area contributed by atoms with Crippen molar-refractivity contribution in [1.82, 2.24) is 0 Å². The normalized spacial score (nSPS) is 10.8. The maximum atomic E-state index is 10.0. The van der Waals surface area contributed by atoms with Gasteiger partial charge in [-0.05, 0) is 25.3 Å². The highest BCUT2D eigenvalue weighted by Gasteiger charge is 1.83. The quantitative estimate of drug-likeness (QED) is 0.408. The summed E-state index contributed by atoms with van der Waals surface area (Å²) in [6.45, 7) is 2.99. The summed E-state index contributed by atoms with van der Waals surface area (Å²) in [5.74, 6) is 0. The van der Waals surface area contributed by atoms with Crippen LogP contribution in [-0.2, 0) is 9.84 Å². The molecule has 1 radical (unpaired) electrons. The molecule has 0 saturated carbocycles. The summed E-state index contributed by atoms with van der Waals surface area (Å²) in [7, 11) is 0. The molecular formula is C10H19O2. The molecule has 0 aliphatic rings. The Balaban J connectivity index is 2.92. The number of allylic oxidation sites excluding steroid dienone is 1. The number of hydrogen-bond donors (Lipinski definition) is 0. The fraction of sp³-hybridized carbons (Fsp3) is 0.800. The topological polar surface area (TPSA) is 29.1 Å². The Kier molecular flexibility index (Phi) is 10.1. The molecule has 2 heteroatoms. The number of unbranched alkanes of at least 4 members (excludes halogenated alkanes) is 3. The molecule has 0 heterocycles. The van der Waals surface area contributed by atoms with Crippen molar-refractivity contribution in [1.29, 1.82) is 0 Å². The van der Waals surface area contributed by atoms with E-state index < -0.39 is 0 Å². The molecule has 0 rings (SSSR count). The average Bonchev–Trinajstić information content (AvgIpc) is 2.10. The van der Waals surface area contributed by atoms with E-state index in [1.54, 1.807) is 6.26 Å². The highest BCUT2D eigenvalue weighted by molar-refractivity contribution is 4.72. The van der Waals surface area contributed by atoms with Gasteiger partial charge in [0.2, 0.25) is 0 Å². The van der Waals surface area contributed by atoms with Gasteiger partial charge in [0.1, 0.15) is 0 Å². The van der Waals surface area contributed by atoms with E-state index in [1.165, 1.54) is 12.8 Å². The van der Waals surface area contributed by atoms with Crippen LogP contribution < -0.4 is 0 Å². The van der Waals surface area contributed by atoms with Gasteiger partial charge < -0.3 is 4.74 Å². The molecule has 0 aromatic heterocycles. The van der Waals surface area contributed by atoms with Crippen LogP contribution in [0.5, 0.6) is 0 Å². The predicted octanol–water partition coefficient (Wildman–Crippen LogP) is 2.92. The lowest BCUT2D eigenvalue weighted by Crippen LogP contribution is -1.86. The summed E-state index contributed by atoms with van der Waals surface area (Å²) in [6, 6.07) is 0. The van der Waals surface area contributed by atoms with E-state index in [0.29, 0.717) is 0 Å². The fourth-order valence-corrected chi connectivity index (χ4v) is 0.841. The summed E-state index contributed by atoms with van der Waals surface area (Å²) in [6.07, 6.45) is 8.78. The molecule has 0 fully saturated rings. The Morgan fingerprint density at radius 1 is 1.25 bits per heavy atom. The zero-order chi connectivity index (χ0) is 9.07. The van der Waals surface area contributed by atoms with Gasteiger partial charge in [0.15, 0.2) is 0 Å². The Morgan fingerprint density at radius 3 is 2.75 bits per heavy atom. The number of hydrogen-bond acceptors (Lipinski definition) is 1. The van der Waals surface area contributed by atoms with Crippen LogP contribution in [0.4, 0.5) is 0 Å². The molecule has 0 atom stereocenters. The lowest BCUT2D eigenvalue weighted by Gasteiger charge is -1.98. The molecule has 0 aromatic carbocycles. The maximum absolute atomic E-state index is 10.0. The van der Waals surface area contributed by atoms with Crippen LogP contribution >= 0.6 is 0 Å². The summed E-state index contributed by atoms with van der Waals surface area (Å²) < 4.78 is 5.20. The summed E-state index contributed by atoms with van der Waals surface area (Å²) in [5, 5.41) is 10.0. The van der Waals surface area contributed by atoms with Gasteiger partial charge in [-0.1, -0.05) is 19.8 Å². The minimum atomic E-state index is 0.0141. The van der Waals surface area contributed by atoms with Crippen LogP contribution in [0.15, 0.2) is 12.3 Å². The third kappa shape index (κ3) is 9.50. The van der Waals surface area contributed by atoms with Crippen LogP contribution in [0, 0.1) is 0 Å². The molecule has 0 unspecified atom stereocenters. The van der Waals surface area contributed by atoms with Crippen LogP contribution in [0.25, 0.3) is 0 Å². The van der Waals surface area contributed by atoms with Gasteiger partial charge in [0.25, 0.3) is 0 Å². The van der Waals surface area contributed by atoms with E-state index in [-0.39, 0.29) is 6.61 Å². The molecule has 0 bridgehead atoms.